The second-order valence-corrected chi connectivity index (χ2v) is 3.28. The smallest absolute Gasteiger partial charge is 0.237 e. The van der Waals surface area contributed by atoms with Crippen molar-refractivity contribution in [3.05, 3.63) is 0 Å². The number of likely N-dealkylation sites (N-methyl/N-ethyl adjacent to an activating group) is 1. The van der Waals surface area contributed by atoms with Gasteiger partial charge in [0.2, 0.25) is 5.91 Å². The first-order chi connectivity index (χ1) is 5.65. The highest BCUT2D eigenvalue weighted by atomic mass is 16.5. The van der Waals surface area contributed by atoms with Crippen LogP contribution in [0.5, 0.6) is 0 Å². The molecule has 0 aliphatic carbocycles. The Morgan fingerprint density at radius 1 is 1.67 bits per heavy atom. The lowest BCUT2D eigenvalue weighted by Crippen LogP contribution is -2.35. The minimum absolute atomic E-state index is 0.193. The van der Waals surface area contributed by atoms with Crippen LogP contribution in [-0.4, -0.2) is 55.7 Å². The molecule has 1 amide bonds. The van der Waals surface area contributed by atoms with Gasteiger partial charge in [0.25, 0.3) is 0 Å². The summed E-state index contributed by atoms with van der Waals surface area (Å²) in [4.78, 5) is 15.0. The fraction of sp³-hybridized carbons (Fsp3) is 0.875. The summed E-state index contributed by atoms with van der Waals surface area (Å²) in [6.45, 7) is 4.00. The topological polar surface area (TPSA) is 32.8 Å². The molecule has 1 aliphatic rings. The van der Waals surface area contributed by atoms with E-state index in [1.54, 1.807) is 12.0 Å². The largest absolute Gasteiger partial charge is 0.383 e. The molecule has 0 radical (unpaired) electrons. The van der Waals surface area contributed by atoms with Crippen LogP contribution in [0.3, 0.4) is 0 Å². The SMILES string of the molecule is COCC(C)N1CC(=O)N(C)C1. The van der Waals surface area contributed by atoms with Crippen molar-refractivity contribution in [1.29, 1.82) is 0 Å². The number of methoxy groups -OCH3 is 1. The predicted molar refractivity (Wildman–Crippen MR) is 45.7 cm³/mol. The van der Waals surface area contributed by atoms with Crippen molar-refractivity contribution in [3.63, 3.8) is 0 Å². The summed E-state index contributed by atoms with van der Waals surface area (Å²) in [5.41, 5.74) is 0. The molecule has 1 saturated heterocycles. The maximum Gasteiger partial charge on any atom is 0.237 e. The van der Waals surface area contributed by atoms with Crippen LogP contribution in [0.4, 0.5) is 0 Å². The summed E-state index contributed by atoms with van der Waals surface area (Å²) < 4.78 is 5.02. The summed E-state index contributed by atoms with van der Waals surface area (Å²) in [5, 5.41) is 0. The number of rotatable bonds is 3. The molecule has 0 bridgehead atoms. The summed E-state index contributed by atoms with van der Waals surface area (Å²) in [7, 11) is 3.50. The van der Waals surface area contributed by atoms with E-state index >= 15 is 0 Å². The number of carbonyl (C=O) groups is 1. The van der Waals surface area contributed by atoms with Crippen LogP contribution >= 0.6 is 0 Å². The fourth-order valence-corrected chi connectivity index (χ4v) is 1.34. The van der Waals surface area contributed by atoms with E-state index in [0.29, 0.717) is 19.2 Å². The van der Waals surface area contributed by atoms with Crippen molar-refractivity contribution in [2.45, 2.75) is 13.0 Å². The predicted octanol–water partition coefficient (Wildman–Crippen LogP) is -0.247. The number of hydrogen-bond acceptors (Lipinski definition) is 3. The van der Waals surface area contributed by atoms with E-state index in [-0.39, 0.29) is 5.91 Å². The normalized spacial score (nSPS) is 21.9. The monoisotopic (exact) mass is 172 g/mol. The summed E-state index contributed by atoms with van der Waals surface area (Å²) in [6, 6.07) is 0.323. The zero-order valence-corrected chi connectivity index (χ0v) is 7.91. The molecule has 1 rings (SSSR count). The first-order valence-corrected chi connectivity index (χ1v) is 4.12. The number of hydrogen-bond donors (Lipinski definition) is 0. The van der Waals surface area contributed by atoms with Crippen molar-refractivity contribution >= 4 is 5.91 Å². The fourth-order valence-electron chi connectivity index (χ4n) is 1.34. The first-order valence-electron chi connectivity index (χ1n) is 4.12. The van der Waals surface area contributed by atoms with Gasteiger partial charge in [-0.2, -0.15) is 0 Å². The third-order valence-corrected chi connectivity index (χ3v) is 2.19. The van der Waals surface area contributed by atoms with Crippen LogP contribution in [0.25, 0.3) is 0 Å². The first kappa shape index (κ1) is 9.48. The Labute approximate surface area is 73.1 Å². The van der Waals surface area contributed by atoms with E-state index in [2.05, 4.69) is 11.8 Å². The van der Waals surface area contributed by atoms with Crippen molar-refractivity contribution < 1.29 is 9.53 Å². The van der Waals surface area contributed by atoms with Gasteiger partial charge in [-0.25, -0.2) is 0 Å². The molecule has 0 spiro atoms. The average molecular weight is 172 g/mol. The molecule has 0 aromatic rings. The van der Waals surface area contributed by atoms with Gasteiger partial charge in [-0.3, -0.25) is 9.69 Å². The highest BCUT2D eigenvalue weighted by molar-refractivity contribution is 5.79. The Balaban J connectivity index is 2.40. The van der Waals surface area contributed by atoms with Crippen LogP contribution in [0.2, 0.25) is 0 Å². The maximum absolute atomic E-state index is 11.1. The molecule has 0 aromatic carbocycles. The van der Waals surface area contributed by atoms with E-state index in [9.17, 15) is 4.79 Å². The zero-order valence-electron chi connectivity index (χ0n) is 7.91. The van der Waals surface area contributed by atoms with E-state index in [1.807, 2.05) is 7.05 Å². The Morgan fingerprint density at radius 3 is 2.75 bits per heavy atom. The van der Waals surface area contributed by atoms with Crippen LogP contribution in [0.15, 0.2) is 0 Å². The van der Waals surface area contributed by atoms with Crippen LogP contribution in [0, 0.1) is 0 Å². The van der Waals surface area contributed by atoms with E-state index < -0.39 is 0 Å². The summed E-state index contributed by atoms with van der Waals surface area (Å²) >= 11 is 0. The highest BCUT2D eigenvalue weighted by Crippen LogP contribution is 2.08. The molecular formula is C8H16N2O2. The minimum Gasteiger partial charge on any atom is -0.383 e. The minimum atomic E-state index is 0.193. The van der Waals surface area contributed by atoms with Gasteiger partial charge >= 0.3 is 0 Å². The quantitative estimate of drug-likeness (QED) is 0.588. The molecule has 70 valence electrons. The Kier molecular flexibility index (Phi) is 3.05. The molecule has 1 unspecified atom stereocenters. The third kappa shape index (κ3) is 1.95. The van der Waals surface area contributed by atoms with Gasteiger partial charge in [-0.1, -0.05) is 0 Å². The molecule has 1 fully saturated rings. The van der Waals surface area contributed by atoms with E-state index in [1.165, 1.54) is 0 Å². The Bertz CT molecular complexity index is 172. The molecule has 1 atom stereocenters. The second kappa shape index (κ2) is 3.87. The Hall–Kier alpha value is -0.610. The third-order valence-electron chi connectivity index (χ3n) is 2.19. The lowest BCUT2D eigenvalue weighted by Gasteiger charge is -2.21. The van der Waals surface area contributed by atoms with E-state index in [0.717, 1.165) is 6.67 Å². The van der Waals surface area contributed by atoms with Crippen molar-refractivity contribution in [2.75, 3.05) is 34.0 Å². The zero-order chi connectivity index (χ0) is 9.14. The van der Waals surface area contributed by atoms with Crippen LogP contribution in [-0.2, 0) is 9.53 Å². The molecule has 0 saturated carbocycles. The molecule has 0 aromatic heterocycles. The Morgan fingerprint density at radius 2 is 2.33 bits per heavy atom. The van der Waals surface area contributed by atoms with Gasteiger partial charge in [-0.15, -0.1) is 0 Å². The van der Waals surface area contributed by atoms with E-state index in [4.69, 9.17) is 4.74 Å². The van der Waals surface area contributed by atoms with Gasteiger partial charge < -0.3 is 9.64 Å². The lowest BCUT2D eigenvalue weighted by molar-refractivity contribution is -0.125. The number of ether oxygens (including phenoxy) is 1. The summed E-state index contributed by atoms with van der Waals surface area (Å²) in [5.74, 6) is 0.193. The molecule has 0 N–H and O–H groups in total. The van der Waals surface area contributed by atoms with Crippen LogP contribution in [0.1, 0.15) is 6.92 Å². The maximum atomic E-state index is 11.1. The molecule has 1 heterocycles. The molecule has 4 nitrogen and oxygen atoms in total. The number of nitrogens with zero attached hydrogens (tertiary/aromatic N) is 2. The lowest BCUT2D eigenvalue weighted by atomic mass is 10.3. The number of amides is 1. The van der Waals surface area contributed by atoms with Crippen molar-refractivity contribution in [1.82, 2.24) is 9.80 Å². The van der Waals surface area contributed by atoms with Gasteiger partial charge in [0.05, 0.1) is 19.8 Å². The van der Waals surface area contributed by atoms with Crippen molar-refractivity contribution in [2.24, 2.45) is 0 Å². The molecule has 1 aliphatic heterocycles. The highest BCUT2D eigenvalue weighted by Gasteiger charge is 2.27. The average Bonchev–Trinajstić information content (AvgIpc) is 2.33. The molecule has 12 heavy (non-hydrogen) atoms. The second-order valence-electron chi connectivity index (χ2n) is 3.28. The number of carbonyl (C=O) groups excluding carboxylic acids is 1. The molecule has 4 heteroatoms. The van der Waals surface area contributed by atoms with Gasteiger partial charge in [-0.05, 0) is 6.92 Å². The standard InChI is InChI=1S/C8H16N2O2/c1-7(5-12-3)10-4-8(11)9(2)6-10/h7H,4-6H2,1-3H3. The summed E-state index contributed by atoms with van der Waals surface area (Å²) in [6.07, 6.45) is 0. The van der Waals surface area contributed by atoms with Crippen molar-refractivity contribution in [3.8, 4) is 0 Å². The van der Waals surface area contributed by atoms with Crippen LogP contribution < -0.4 is 0 Å². The van der Waals surface area contributed by atoms with Gasteiger partial charge in [0.1, 0.15) is 0 Å². The molecular weight excluding hydrogens is 156 g/mol. The van der Waals surface area contributed by atoms with Gasteiger partial charge in [0.15, 0.2) is 0 Å². The van der Waals surface area contributed by atoms with Gasteiger partial charge in [0, 0.05) is 20.2 Å².